The Labute approximate surface area is 123 Å². The molecule has 0 saturated heterocycles. The molecule has 0 bridgehead atoms. The quantitative estimate of drug-likeness (QED) is 0.849. The Hall–Kier alpha value is -0.780. The van der Waals surface area contributed by atoms with Crippen LogP contribution in [0.25, 0.3) is 0 Å². The molecule has 5 heteroatoms. The number of halogens is 3. The molecule has 1 aromatic heterocycles. The van der Waals surface area contributed by atoms with Gasteiger partial charge in [-0.2, -0.15) is 0 Å². The number of thiophene rings is 1. The van der Waals surface area contributed by atoms with E-state index in [1.165, 1.54) is 17.0 Å². The summed E-state index contributed by atoms with van der Waals surface area (Å²) in [5, 5.41) is 2.99. The largest absolute Gasteiger partial charge is 0.308 e. The van der Waals surface area contributed by atoms with Crippen molar-refractivity contribution in [3.05, 3.63) is 55.7 Å². The Morgan fingerprint density at radius 1 is 1.26 bits per heavy atom. The number of benzene rings is 1. The highest BCUT2D eigenvalue weighted by molar-refractivity contribution is 9.10. The predicted molar refractivity (Wildman–Crippen MR) is 78.7 cm³/mol. The molecule has 0 aliphatic heterocycles. The van der Waals surface area contributed by atoms with Crippen LogP contribution in [0.3, 0.4) is 0 Å². The summed E-state index contributed by atoms with van der Waals surface area (Å²) in [5.41, 5.74) is 0.0650. The van der Waals surface area contributed by atoms with Crippen molar-refractivity contribution in [1.82, 2.24) is 5.32 Å². The van der Waals surface area contributed by atoms with Crippen molar-refractivity contribution in [3.8, 4) is 0 Å². The molecule has 0 amide bonds. The van der Waals surface area contributed by atoms with Crippen LogP contribution in [0.5, 0.6) is 0 Å². The summed E-state index contributed by atoms with van der Waals surface area (Å²) in [4.78, 5) is 2.12. The Bertz CT molecular complexity index is 560. The third-order valence-corrected chi connectivity index (χ3v) is 4.69. The lowest BCUT2D eigenvalue weighted by Gasteiger charge is -2.17. The van der Waals surface area contributed by atoms with Gasteiger partial charge in [-0.15, -0.1) is 11.3 Å². The first kappa shape index (κ1) is 14.6. The number of hydrogen-bond acceptors (Lipinski definition) is 2. The molecule has 1 aromatic carbocycles. The van der Waals surface area contributed by atoms with Gasteiger partial charge in [-0.3, -0.25) is 0 Å². The molecule has 2 aromatic rings. The van der Waals surface area contributed by atoms with Gasteiger partial charge in [0.2, 0.25) is 0 Å². The first-order chi connectivity index (χ1) is 9.06. The number of hydrogen-bond donors (Lipinski definition) is 1. The van der Waals surface area contributed by atoms with E-state index in [0.717, 1.165) is 11.3 Å². The molecule has 1 heterocycles. The van der Waals surface area contributed by atoms with Gasteiger partial charge in [-0.25, -0.2) is 8.78 Å². The average molecular weight is 346 g/mol. The van der Waals surface area contributed by atoms with Crippen LogP contribution in [0.15, 0.2) is 28.7 Å². The van der Waals surface area contributed by atoms with Gasteiger partial charge in [-0.05, 0) is 37.7 Å². The molecule has 1 nitrogen and oxygen atoms in total. The highest BCUT2D eigenvalue weighted by Gasteiger charge is 2.22. The molecule has 0 fully saturated rings. The standard InChI is InChI=1S/C14H14BrF2NS/c1-3-9-4-5-12(19-9)14(18-2)13-10(16)6-8(15)7-11(13)17/h4-7,14,18H,3H2,1-2H3. The first-order valence-electron chi connectivity index (χ1n) is 5.97. The normalized spacial score (nSPS) is 12.7. The smallest absolute Gasteiger partial charge is 0.132 e. The molecule has 0 saturated carbocycles. The molecule has 2 rings (SSSR count). The summed E-state index contributed by atoms with van der Waals surface area (Å²) < 4.78 is 28.4. The third kappa shape index (κ3) is 3.04. The van der Waals surface area contributed by atoms with Crippen molar-refractivity contribution in [2.24, 2.45) is 0 Å². The molecule has 1 atom stereocenters. The van der Waals surface area contributed by atoms with Gasteiger partial charge < -0.3 is 5.32 Å². The first-order valence-corrected chi connectivity index (χ1v) is 7.58. The molecule has 0 aliphatic rings. The van der Waals surface area contributed by atoms with Gasteiger partial charge >= 0.3 is 0 Å². The van der Waals surface area contributed by atoms with Crippen molar-refractivity contribution in [3.63, 3.8) is 0 Å². The Balaban J connectivity index is 2.47. The monoisotopic (exact) mass is 345 g/mol. The molecule has 1 N–H and O–H groups in total. The van der Waals surface area contributed by atoms with Gasteiger partial charge in [0, 0.05) is 19.8 Å². The van der Waals surface area contributed by atoms with Crippen LogP contribution in [0.4, 0.5) is 8.78 Å². The summed E-state index contributed by atoms with van der Waals surface area (Å²) in [6.45, 7) is 2.06. The van der Waals surface area contributed by atoms with Gasteiger partial charge in [-0.1, -0.05) is 22.9 Å². The number of rotatable bonds is 4. The van der Waals surface area contributed by atoms with E-state index in [0.29, 0.717) is 4.47 Å². The van der Waals surface area contributed by atoms with Crippen molar-refractivity contribution < 1.29 is 8.78 Å². The van der Waals surface area contributed by atoms with E-state index in [2.05, 4.69) is 28.2 Å². The summed E-state index contributed by atoms with van der Waals surface area (Å²) in [7, 11) is 1.71. The fourth-order valence-corrected chi connectivity index (χ4v) is 3.47. The van der Waals surface area contributed by atoms with Gasteiger partial charge in [0.1, 0.15) is 11.6 Å². The maximum absolute atomic E-state index is 14.0. The van der Waals surface area contributed by atoms with E-state index in [1.54, 1.807) is 18.4 Å². The topological polar surface area (TPSA) is 12.0 Å². The average Bonchev–Trinajstić information content (AvgIpc) is 2.81. The number of nitrogens with one attached hydrogen (secondary N) is 1. The van der Waals surface area contributed by atoms with Crippen molar-refractivity contribution in [2.45, 2.75) is 19.4 Å². The highest BCUT2D eigenvalue weighted by Crippen LogP contribution is 2.32. The van der Waals surface area contributed by atoms with E-state index < -0.39 is 17.7 Å². The van der Waals surface area contributed by atoms with Gasteiger partial charge in [0.15, 0.2) is 0 Å². The summed E-state index contributed by atoms with van der Waals surface area (Å²) >= 11 is 4.67. The predicted octanol–water partition coefficient (Wildman–Crippen LogP) is 4.66. The fourth-order valence-electron chi connectivity index (χ4n) is 2.00. The van der Waals surface area contributed by atoms with E-state index in [1.807, 2.05) is 12.1 Å². The molecular formula is C14H14BrF2NS. The molecule has 102 valence electrons. The van der Waals surface area contributed by atoms with Crippen LogP contribution in [0.1, 0.15) is 28.3 Å². The highest BCUT2D eigenvalue weighted by atomic mass is 79.9. The van der Waals surface area contributed by atoms with E-state index in [4.69, 9.17) is 0 Å². The maximum Gasteiger partial charge on any atom is 0.132 e. The van der Waals surface area contributed by atoms with E-state index >= 15 is 0 Å². The zero-order valence-corrected chi connectivity index (χ0v) is 13.0. The van der Waals surface area contributed by atoms with Crippen LogP contribution in [-0.2, 0) is 6.42 Å². The molecule has 1 unspecified atom stereocenters. The molecule has 0 radical (unpaired) electrons. The second-order valence-electron chi connectivity index (χ2n) is 4.16. The minimum atomic E-state index is -0.544. The zero-order chi connectivity index (χ0) is 14.0. The van der Waals surface area contributed by atoms with Gasteiger partial charge in [0.25, 0.3) is 0 Å². The lowest BCUT2D eigenvalue weighted by Crippen LogP contribution is -2.19. The lowest BCUT2D eigenvalue weighted by molar-refractivity contribution is 0.523. The number of aryl methyl sites for hydroxylation is 1. The van der Waals surface area contributed by atoms with Crippen LogP contribution < -0.4 is 5.32 Å². The Kier molecular flexibility index (Phi) is 4.71. The molecule has 19 heavy (non-hydrogen) atoms. The van der Waals surface area contributed by atoms with Crippen LogP contribution in [-0.4, -0.2) is 7.05 Å². The fraction of sp³-hybridized carbons (Fsp3) is 0.286. The SMILES string of the molecule is CCc1ccc(C(NC)c2c(F)cc(Br)cc2F)s1. The van der Waals surface area contributed by atoms with Crippen molar-refractivity contribution in [1.29, 1.82) is 0 Å². The van der Waals surface area contributed by atoms with Crippen molar-refractivity contribution in [2.75, 3.05) is 7.05 Å². The summed E-state index contributed by atoms with van der Waals surface area (Å²) in [6, 6.07) is 6.04. The van der Waals surface area contributed by atoms with Crippen molar-refractivity contribution >= 4 is 27.3 Å². The Morgan fingerprint density at radius 3 is 2.37 bits per heavy atom. The van der Waals surface area contributed by atoms with E-state index in [9.17, 15) is 8.78 Å². The second kappa shape index (κ2) is 6.11. The zero-order valence-electron chi connectivity index (χ0n) is 10.6. The minimum Gasteiger partial charge on any atom is -0.308 e. The van der Waals surface area contributed by atoms with Crippen LogP contribution in [0, 0.1) is 11.6 Å². The third-order valence-electron chi connectivity index (χ3n) is 2.94. The molecule has 0 aliphatic carbocycles. The molecule has 0 spiro atoms. The maximum atomic E-state index is 14.0. The minimum absolute atomic E-state index is 0.0650. The lowest BCUT2D eigenvalue weighted by atomic mass is 10.0. The Morgan fingerprint density at radius 2 is 1.89 bits per heavy atom. The molecular weight excluding hydrogens is 332 g/mol. The summed E-state index contributed by atoms with van der Waals surface area (Å²) in [6.07, 6.45) is 0.923. The second-order valence-corrected chi connectivity index (χ2v) is 6.28. The summed E-state index contributed by atoms with van der Waals surface area (Å²) in [5.74, 6) is -1.09. The van der Waals surface area contributed by atoms with E-state index in [-0.39, 0.29) is 5.56 Å². The van der Waals surface area contributed by atoms with Crippen LogP contribution in [0.2, 0.25) is 0 Å². The van der Waals surface area contributed by atoms with Crippen LogP contribution >= 0.6 is 27.3 Å². The van der Waals surface area contributed by atoms with Gasteiger partial charge in [0.05, 0.1) is 6.04 Å².